The minimum Gasteiger partial charge on any atom is -0.382 e. The smallest absolute Gasteiger partial charge is 0.151 e. The van der Waals surface area contributed by atoms with Crippen molar-refractivity contribution in [1.82, 2.24) is 14.5 Å². The van der Waals surface area contributed by atoms with Gasteiger partial charge in [0.05, 0.1) is 5.52 Å². The Morgan fingerprint density at radius 1 is 1.29 bits per heavy atom. The SMILES string of the molecule is CSCCCn1c(CC2CC2)nc2c(N)nc(C)c(C)c21. The van der Waals surface area contributed by atoms with Gasteiger partial charge in [-0.15, -0.1) is 0 Å². The summed E-state index contributed by atoms with van der Waals surface area (Å²) >= 11 is 1.90. The van der Waals surface area contributed by atoms with Crippen LogP contribution in [0.4, 0.5) is 5.82 Å². The average molecular weight is 304 g/mol. The molecule has 1 saturated carbocycles. The minimum atomic E-state index is 0.578. The van der Waals surface area contributed by atoms with E-state index in [1.807, 2.05) is 18.7 Å². The molecule has 2 heterocycles. The molecule has 0 atom stereocenters. The van der Waals surface area contributed by atoms with Crippen LogP contribution in [0.15, 0.2) is 0 Å². The Labute approximate surface area is 130 Å². The number of aromatic nitrogens is 3. The summed E-state index contributed by atoms with van der Waals surface area (Å²) in [6.45, 7) is 5.20. The van der Waals surface area contributed by atoms with E-state index in [9.17, 15) is 0 Å². The average Bonchev–Trinajstić information content (AvgIpc) is 3.18. The first kappa shape index (κ1) is 14.7. The number of thioether (sulfide) groups is 1. The van der Waals surface area contributed by atoms with Crippen LogP contribution in [0.25, 0.3) is 11.0 Å². The summed E-state index contributed by atoms with van der Waals surface area (Å²) < 4.78 is 2.41. The molecule has 4 nitrogen and oxygen atoms in total. The van der Waals surface area contributed by atoms with Crippen molar-refractivity contribution in [3.63, 3.8) is 0 Å². The van der Waals surface area contributed by atoms with Crippen molar-refractivity contribution in [3.05, 3.63) is 17.1 Å². The first-order valence-electron chi connectivity index (χ1n) is 7.72. The van der Waals surface area contributed by atoms with Gasteiger partial charge >= 0.3 is 0 Å². The third kappa shape index (κ3) is 2.89. The van der Waals surface area contributed by atoms with E-state index >= 15 is 0 Å². The molecule has 3 rings (SSSR count). The zero-order valence-corrected chi connectivity index (χ0v) is 14.0. The topological polar surface area (TPSA) is 56.7 Å². The number of nitrogens with zero attached hydrogens (tertiary/aromatic N) is 3. The summed E-state index contributed by atoms with van der Waals surface area (Å²) in [5, 5.41) is 0. The third-order valence-electron chi connectivity index (χ3n) is 4.37. The highest BCUT2D eigenvalue weighted by Gasteiger charge is 2.26. The van der Waals surface area contributed by atoms with E-state index in [1.165, 1.54) is 41.9 Å². The molecule has 0 amide bonds. The van der Waals surface area contributed by atoms with Gasteiger partial charge in [-0.3, -0.25) is 0 Å². The van der Waals surface area contributed by atoms with Gasteiger partial charge in [0.2, 0.25) is 0 Å². The van der Waals surface area contributed by atoms with Crippen molar-refractivity contribution >= 4 is 28.6 Å². The summed E-state index contributed by atoms with van der Waals surface area (Å²) in [5.41, 5.74) is 10.5. The van der Waals surface area contributed by atoms with Gasteiger partial charge in [0.15, 0.2) is 5.82 Å². The standard InChI is InChI=1S/C16H24N4S/c1-10-11(2)18-16(17)14-15(10)20(7-4-8-21-3)13(19-14)9-12-5-6-12/h12H,4-9H2,1-3H3,(H2,17,18). The lowest BCUT2D eigenvalue weighted by Gasteiger charge is -2.11. The number of anilines is 1. The lowest BCUT2D eigenvalue weighted by atomic mass is 10.2. The second kappa shape index (κ2) is 5.87. The summed E-state index contributed by atoms with van der Waals surface area (Å²) in [5.74, 6) is 3.79. The van der Waals surface area contributed by atoms with Crippen molar-refractivity contribution in [1.29, 1.82) is 0 Å². The molecular formula is C16H24N4S. The van der Waals surface area contributed by atoms with Crippen LogP contribution in [0.5, 0.6) is 0 Å². The Morgan fingerprint density at radius 2 is 2.05 bits per heavy atom. The van der Waals surface area contributed by atoms with Crippen molar-refractivity contribution in [2.45, 2.75) is 46.1 Å². The Morgan fingerprint density at radius 3 is 2.71 bits per heavy atom. The molecule has 21 heavy (non-hydrogen) atoms. The zero-order chi connectivity index (χ0) is 15.0. The summed E-state index contributed by atoms with van der Waals surface area (Å²) in [4.78, 5) is 9.29. The third-order valence-corrected chi connectivity index (χ3v) is 5.07. The molecule has 2 aromatic rings. The zero-order valence-electron chi connectivity index (χ0n) is 13.1. The Bertz CT molecular complexity index is 658. The first-order valence-corrected chi connectivity index (χ1v) is 9.12. The van der Waals surface area contributed by atoms with E-state index in [-0.39, 0.29) is 0 Å². The van der Waals surface area contributed by atoms with Gasteiger partial charge in [0.25, 0.3) is 0 Å². The second-order valence-electron chi connectivity index (χ2n) is 6.08. The van der Waals surface area contributed by atoms with Gasteiger partial charge in [0, 0.05) is 18.7 Å². The van der Waals surface area contributed by atoms with Crippen molar-refractivity contribution < 1.29 is 0 Å². The summed E-state index contributed by atoms with van der Waals surface area (Å²) in [6.07, 6.45) is 7.12. The van der Waals surface area contributed by atoms with Crippen molar-refractivity contribution in [3.8, 4) is 0 Å². The van der Waals surface area contributed by atoms with Gasteiger partial charge in [-0.05, 0) is 56.6 Å². The molecule has 0 aromatic carbocycles. The molecule has 0 bridgehead atoms. The minimum absolute atomic E-state index is 0.578. The summed E-state index contributed by atoms with van der Waals surface area (Å²) in [6, 6.07) is 0. The van der Waals surface area contributed by atoms with E-state index in [0.717, 1.165) is 30.1 Å². The second-order valence-corrected chi connectivity index (χ2v) is 7.06. The van der Waals surface area contributed by atoms with Crippen LogP contribution in [0, 0.1) is 19.8 Å². The fourth-order valence-corrected chi connectivity index (χ4v) is 3.31. The molecule has 0 aliphatic heterocycles. The number of imidazole rings is 1. The number of pyridine rings is 1. The number of aryl methyl sites for hydroxylation is 3. The molecule has 2 N–H and O–H groups in total. The van der Waals surface area contributed by atoms with E-state index < -0.39 is 0 Å². The predicted molar refractivity (Wildman–Crippen MR) is 90.8 cm³/mol. The first-order chi connectivity index (χ1) is 10.1. The monoisotopic (exact) mass is 304 g/mol. The van der Waals surface area contributed by atoms with Gasteiger partial charge in [-0.2, -0.15) is 11.8 Å². The van der Waals surface area contributed by atoms with Gasteiger partial charge < -0.3 is 10.3 Å². The largest absolute Gasteiger partial charge is 0.382 e. The molecule has 2 aromatic heterocycles. The van der Waals surface area contributed by atoms with Crippen LogP contribution in [0.2, 0.25) is 0 Å². The Balaban J connectivity index is 2.08. The number of rotatable bonds is 6. The highest BCUT2D eigenvalue weighted by Crippen LogP contribution is 2.34. The fraction of sp³-hybridized carbons (Fsp3) is 0.625. The Kier molecular flexibility index (Phi) is 4.11. The summed E-state index contributed by atoms with van der Waals surface area (Å²) in [7, 11) is 0. The molecule has 1 aliphatic carbocycles. The predicted octanol–water partition coefficient (Wildman–Crippen LogP) is 3.34. The molecule has 0 saturated heterocycles. The lowest BCUT2D eigenvalue weighted by molar-refractivity contribution is 0.634. The number of nitrogens with two attached hydrogens (primary N) is 1. The molecule has 1 aliphatic rings. The fourth-order valence-electron chi connectivity index (χ4n) is 2.89. The van der Waals surface area contributed by atoms with Gasteiger partial charge in [0.1, 0.15) is 11.3 Å². The molecular weight excluding hydrogens is 280 g/mol. The van der Waals surface area contributed by atoms with E-state index in [1.54, 1.807) is 0 Å². The molecule has 114 valence electrons. The van der Waals surface area contributed by atoms with Crippen molar-refractivity contribution in [2.75, 3.05) is 17.7 Å². The van der Waals surface area contributed by atoms with E-state index in [0.29, 0.717) is 5.82 Å². The number of nitrogen functional groups attached to an aromatic ring is 1. The highest BCUT2D eigenvalue weighted by molar-refractivity contribution is 7.98. The molecule has 0 radical (unpaired) electrons. The maximum absolute atomic E-state index is 6.12. The Hall–Kier alpha value is -1.23. The number of fused-ring (bicyclic) bond motifs is 1. The quantitative estimate of drug-likeness (QED) is 0.832. The van der Waals surface area contributed by atoms with Gasteiger partial charge in [-0.1, -0.05) is 0 Å². The van der Waals surface area contributed by atoms with Crippen LogP contribution < -0.4 is 5.73 Å². The number of hydrogen-bond donors (Lipinski definition) is 1. The van der Waals surface area contributed by atoms with Crippen LogP contribution in [-0.4, -0.2) is 26.5 Å². The van der Waals surface area contributed by atoms with Crippen LogP contribution in [-0.2, 0) is 13.0 Å². The van der Waals surface area contributed by atoms with Crippen molar-refractivity contribution in [2.24, 2.45) is 5.92 Å². The lowest BCUT2D eigenvalue weighted by Crippen LogP contribution is -2.07. The maximum Gasteiger partial charge on any atom is 0.151 e. The number of hydrogen-bond acceptors (Lipinski definition) is 4. The van der Waals surface area contributed by atoms with Crippen LogP contribution >= 0.6 is 11.8 Å². The van der Waals surface area contributed by atoms with E-state index in [4.69, 9.17) is 10.7 Å². The highest BCUT2D eigenvalue weighted by atomic mass is 32.2. The molecule has 1 fully saturated rings. The normalized spacial score (nSPS) is 15.0. The van der Waals surface area contributed by atoms with Crippen LogP contribution in [0.3, 0.4) is 0 Å². The molecule has 0 spiro atoms. The van der Waals surface area contributed by atoms with Gasteiger partial charge in [-0.25, -0.2) is 9.97 Å². The molecule has 0 unspecified atom stereocenters. The molecule has 5 heteroatoms. The van der Waals surface area contributed by atoms with Crippen LogP contribution in [0.1, 0.15) is 36.3 Å². The van der Waals surface area contributed by atoms with E-state index in [2.05, 4.69) is 22.7 Å². The maximum atomic E-state index is 6.12.